The average molecular weight is 444 g/mol. The smallest absolute Gasteiger partial charge is 0.388 e. The van der Waals surface area contributed by atoms with Crippen molar-refractivity contribution < 1.29 is 23.0 Å². The van der Waals surface area contributed by atoms with Gasteiger partial charge in [0.05, 0.1) is 18.0 Å². The highest BCUT2D eigenvalue weighted by molar-refractivity contribution is 6.76. The van der Waals surface area contributed by atoms with Gasteiger partial charge in [0.25, 0.3) is 5.56 Å². The fourth-order valence-corrected chi connectivity index (χ4v) is 3.46. The highest BCUT2D eigenvalue weighted by Gasteiger charge is 2.38. The van der Waals surface area contributed by atoms with Gasteiger partial charge in [0.2, 0.25) is 0 Å². The lowest BCUT2D eigenvalue weighted by Crippen LogP contribution is -2.33. The molecule has 30 heavy (non-hydrogen) atoms. The molecule has 0 aliphatic carbocycles. The minimum atomic E-state index is -4.85. The van der Waals surface area contributed by atoms with Gasteiger partial charge < -0.3 is 15.2 Å². The van der Waals surface area contributed by atoms with Crippen LogP contribution in [-0.4, -0.2) is 36.1 Å². The molecule has 1 aromatic carbocycles. The van der Waals surface area contributed by atoms with Crippen molar-refractivity contribution in [2.24, 2.45) is 0 Å². The summed E-state index contributed by atoms with van der Waals surface area (Å²) in [5, 5.41) is 16.5. The Morgan fingerprint density at radius 1 is 1.23 bits per heavy atom. The number of hydrogen-bond donors (Lipinski definition) is 2. The molecule has 0 bridgehead atoms. The minimum Gasteiger partial charge on any atom is -0.388 e. The number of ether oxygens (including phenoxy) is 1. The van der Waals surface area contributed by atoms with E-state index in [0.717, 1.165) is 12.2 Å². The van der Waals surface area contributed by atoms with E-state index in [0.29, 0.717) is 16.9 Å². The lowest BCUT2D eigenvalue weighted by Gasteiger charge is -2.18. The molecule has 1 aromatic heterocycles. The molecule has 6 nitrogen and oxygen atoms in total. The van der Waals surface area contributed by atoms with E-state index in [1.807, 2.05) is 0 Å². The number of nitrogens with zero attached hydrogens (tertiary/aromatic N) is 2. The van der Waals surface area contributed by atoms with Crippen LogP contribution < -0.4 is 10.9 Å². The molecule has 166 valence electrons. The number of hydrogen-bond acceptors (Lipinski definition) is 5. The fraction of sp³-hybridized carbons (Fsp3) is 0.500. The number of aliphatic hydroxyl groups is 1. The lowest BCUT2D eigenvalue weighted by molar-refractivity contribution is -0.138. The maximum absolute atomic E-state index is 13.5. The summed E-state index contributed by atoms with van der Waals surface area (Å²) < 4.78 is 46.6. The van der Waals surface area contributed by atoms with Crippen molar-refractivity contribution in [1.82, 2.24) is 9.78 Å². The third-order valence-electron chi connectivity index (χ3n) is 4.45. The Hall–Kier alpha value is -2.17. The average Bonchev–Trinajstić information content (AvgIpc) is 2.65. The molecule has 0 aliphatic rings. The van der Waals surface area contributed by atoms with Gasteiger partial charge in [-0.25, -0.2) is 4.68 Å². The van der Waals surface area contributed by atoms with Crippen LogP contribution in [0.5, 0.6) is 0 Å². The number of aliphatic hydroxyl groups excluding tert-OH is 1. The molecule has 2 N–H and O–H groups in total. The number of nitrogens with one attached hydrogen (secondary N) is 1. The first-order valence-electron chi connectivity index (χ1n) is 9.71. The normalized spacial score (nSPS) is 13.3. The lowest BCUT2D eigenvalue weighted by atomic mass is 10.1. The second-order valence-corrected chi connectivity index (χ2v) is 13.8. The summed E-state index contributed by atoms with van der Waals surface area (Å²) in [6.07, 6.45) is -4.53. The van der Waals surface area contributed by atoms with Gasteiger partial charge in [0, 0.05) is 21.2 Å². The third kappa shape index (κ3) is 7.26. The van der Waals surface area contributed by atoms with Crippen molar-refractivity contribution >= 4 is 13.8 Å². The number of aromatic nitrogens is 2. The van der Waals surface area contributed by atoms with Crippen molar-refractivity contribution in [3.8, 4) is 0 Å². The summed E-state index contributed by atoms with van der Waals surface area (Å²) in [7, 11) is -1.35. The zero-order valence-corrected chi connectivity index (χ0v) is 18.4. The van der Waals surface area contributed by atoms with Gasteiger partial charge >= 0.3 is 6.18 Å². The quantitative estimate of drug-likeness (QED) is 0.427. The Morgan fingerprint density at radius 2 is 1.90 bits per heavy atom. The van der Waals surface area contributed by atoms with Crippen LogP contribution in [0.15, 0.2) is 41.3 Å². The third-order valence-corrected chi connectivity index (χ3v) is 6.16. The molecule has 0 saturated heterocycles. The van der Waals surface area contributed by atoms with Gasteiger partial charge in [-0.1, -0.05) is 50.0 Å². The summed E-state index contributed by atoms with van der Waals surface area (Å²) in [6, 6.07) is 9.64. The van der Waals surface area contributed by atoms with E-state index in [4.69, 9.17) is 4.74 Å². The van der Waals surface area contributed by atoms with Gasteiger partial charge in [0.15, 0.2) is 0 Å². The van der Waals surface area contributed by atoms with E-state index in [1.54, 1.807) is 30.3 Å². The van der Waals surface area contributed by atoms with E-state index >= 15 is 0 Å². The largest absolute Gasteiger partial charge is 0.423 e. The van der Waals surface area contributed by atoms with E-state index in [1.165, 1.54) is 0 Å². The number of alkyl halides is 3. The Labute approximate surface area is 174 Å². The minimum absolute atomic E-state index is 0.0387. The summed E-state index contributed by atoms with van der Waals surface area (Å²) in [5.74, 6) is 0. The maximum atomic E-state index is 13.5. The van der Waals surface area contributed by atoms with E-state index in [9.17, 15) is 23.1 Å². The zero-order chi connectivity index (χ0) is 22.4. The molecule has 0 amide bonds. The molecule has 10 heteroatoms. The van der Waals surface area contributed by atoms with Gasteiger partial charge in [-0.3, -0.25) is 4.79 Å². The first kappa shape index (κ1) is 24.1. The summed E-state index contributed by atoms with van der Waals surface area (Å²) in [5.41, 5.74) is -2.32. The van der Waals surface area contributed by atoms with Crippen molar-refractivity contribution in [2.45, 2.75) is 51.1 Å². The van der Waals surface area contributed by atoms with Crippen LogP contribution in [0.4, 0.5) is 18.9 Å². The van der Waals surface area contributed by atoms with Gasteiger partial charge in [-0.15, -0.1) is 0 Å². The van der Waals surface area contributed by atoms with Crippen LogP contribution in [-0.2, 0) is 17.6 Å². The van der Waals surface area contributed by atoms with Gasteiger partial charge in [-0.2, -0.15) is 18.3 Å². The molecule has 1 heterocycles. The Morgan fingerprint density at radius 3 is 2.50 bits per heavy atom. The monoisotopic (exact) mass is 443 g/mol. The van der Waals surface area contributed by atoms with Crippen LogP contribution >= 0.6 is 0 Å². The standard InChI is InChI=1S/C20H28F3N3O3Si/c1-30(2,3)12-11-29-14-26-19(28)18(20(21,22)23)16(13-25-26)24-10-9-17(27)15-7-5-4-6-8-15/h4-8,13,17,24,27H,9-12,14H2,1-3H3. The van der Waals surface area contributed by atoms with Crippen molar-refractivity contribution in [2.75, 3.05) is 18.5 Å². The van der Waals surface area contributed by atoms with Crippen LogP contribution in [0, 0.1) is 0 Å². The van der Waals surface area contributed by atoms with Crippen molar-refractivity contribution in [3.63, 3.8) is 0 Å². The number of anilines is 1. The molecular formula is C20H28F3N3O3Si. The predicted molar refractivity (Wildman–Crippen MR) is 112 cm³/mol. The number of halogens is 3. The molecule has 1 atom stereocenters. The SMILES string of the molecule is C[Si](C)(C)CCOCn1ncc(NCCC(O)c2ccccc2)c(C(F)(F)F)c1=O. The maximum Gasteiger partial charge on any atom is 0.423 e. The van der Waals surface area contributed by atoms with Crippen LogP contribution in [0.1, 0.15) is 23.7 Å². The Balaban J connectivity index is 2.06. The number of benzene rings is 1. The summed E-state index contributed by atoms with van der Waals surface area (Å²) in [4.78, 5) is 12.4. The molecule has 2 aromatic rings. The molecule has 0 radical (unpaired) electrons. The fourth-order valence-electron chi connectivity index (χ4n) is 2.70. The first-order valence-corrected chi connectivity index (χ1v) is 13.4. The van der Waals surface area contributed by atoms with Crippen molar-refractivity contribution in [3.05, 3.63) is 58.0 Å². The van der Waals surface area contributed by atoms with E-state index in [2.05, 4.69) is 30.1 Å². The molecule has 1 unspecified atom stereocenters. The molecule has 0 aliphatic heterocycles. The highest BCUT2D eigenvalue weighted by Crippen LogP contribution is 2.31. The summed E-state index contributed by atoms with van der Waals surface area (Å²) in [6.45, 7) is 6.52. The van der Waals surface area contributed by atoms with Crippen LogP contribution in [0.3, 0.4) is 0 Å². The second-order valence-electron chi connectivity index (χ2n) is 8.23. The highest BCUT2D eigenvalue weighted by atomic mass is 28.3. The topological polar surface area (TPSA) is 76.4 Å². The van der Waals surface area contributed by atoms with E-state index < -0.39 is 37.2 Å². The molecule has 2 rings (SSSR count). The van der Waals surface area contributed by atoms with Crippen molar-refractivity contribution in [1.29, 1.82) is 0 Å². The van der Waals surface area contributed by atoms with Crippen LogP contribution in [0.2, 0.25) is 25.7 Å². The molecule has 0 saturated carbocycles. The summed E-state index contributed by atoms with van der Waals surface area (Å²) >= 11 is 0. The molecule has 0 fully saturated rings. The van der Waals surface area contributed by atoms with E-state index in [-0.39, 0.29) is 19.7 Å². The zero-order valence-electron chi connectivity index (χ0n) is 17.4. The van der Waals surface area contributed by atoms with Crippen LogP contribution in [0.25, 0.3) is 0 Å². The predicted octanol–water partition coefficient (Wildman–Crippen LogP) is 4.11. The number of rotatable bonds is 10. The molecular weight excluding hydrogens is 415 g/mol. The Kier molecular flexibility index (Phi) is 8.22. The first-order chi connectivity index (χ1) is 14.0. The van der Waals surface area contributed by atoms with Gasteiger partial charge in [0.1, 0.15) is 12.3 Å². The second kappa shape index (κ2) is 10.2. The van der Waals surface area contributed by atoms with Gasteiger partial charge in [-0.05, 0) is 18.0 Å². The molecule has 0 spiro atoms. The Bertz CT molecular complexity index is 868.